The van der Waals surface area contributed by atoms with Crippen LogP contribution in [-0.4, -0.2) is 58.1 Å². The normalized spacial score (nSPS) is 60.3. The second-order valence-electron chi connectivity index (χ2n) is 15.2. The number of hydrogen-bond acceptors (Lipinski definition) is 5. The molecule has 0 aromatic rings. The van der Waals surface area contributed by atoms with Gasteiger partial charge < -0.3 is 25.2 Å². The Bertz CT molecular complexity index is 945. The van der Waals surface area contributed by atoms with E-state index in [2.05, 4.69) is 47.6 Å². The van der Waals surface area contributed by atoms with Gasteiger partial charge in [0.1, 0.15) is 0 Å². The van der Waals surface area contributed by atoms with E-state index in [0.717, 1.165) is 44.9 Å². The minimum atomic E-state index is -0.624. The third kappa shape index (κ3) is 2.59. The highest BCUT2D eigenvalue weighted by Gasteiger charge is 2.75. The maximum Gasteiger partial charge on any atom is 0.0916 e. The number of ether oxygens (including phenoxy) is 1. The first-order valence-corrected chi connectivity index (χ1v) is 14.2. The van der Waals surface area contributed by atoms with E-state index in [1.54, 1.807) is 0 Å². The monoisotopic (exact) mass is 488 g/mol. The minimum absolute atomic E-state index is 0.0177. The Morgan fingerprint density at radius 2 is 1.63 bits per heavy atom. The van der Waals surface area contributed by atoms with Crippen LogP contribution in [0.4, 0.5) is 0 Å². The maximum atomic E-state index is 11.5. The van der Waals surface area contributed by atoms with Crippen LogP contribution in [0.25, 0.3) is 0 Å². The predicted molar refractivity (Wildman–Crippen MR) is 134 cm³/mol. The van der Waals surface area contributed by atoms with Crippen molar-refractivity contribution < 1.29 is 25.2 Å². The van der Waals surface area contributed by atoms with Crippen molar-refractivity contribution in [1.82, 2.24) is 0 Å². The van der Waals surface area contributed by atoms with Gasteiger partial charge in [-0.25, -0.2) is 0 Å². The zero-order valence-electron chi connectivity index (χ0n) is 22.7. The van der Waals surface area contributed by atoms with Crippen LogP contribution in [0.15, 0.2) is 11.6 Å². The lowest BCUT2D eigenvalue weighted by atomic mass is 9.33. The second kappa shape index (κ2) is 7.14. The van der Waals surface area contributed by atoms with Gasteiger partial charge in [0, 0.05) is 5.41 Å². The molecule has 0 amide bonds. The molecule has 5 nitrogen and oxygen atoms in total. The first-order valence-electron chi connectivity index (χ1n) is 14.2. The molecule has 1 aliphatic heterocycles. The second-order valence-corrected chi connectivity index (χ2v) is 15.2. The zero-order chi connectivity index (χ0) is 25.4. The van der Waals surface area contributed by atoms with Gasteiger partial charge in [0.2, 0.25) is 0 Å². The van der Waals surface area contributed by atoms with Crippen LogP contribution in [0.2, 0.25) is 0 Å². The van der Waals surface area contributed by atoms with Gasteiger partial charge in [-0.2, -0.15) is 0 Å². The maximum absolute atomic E-state index is 11.5. The number of fused-ring (bicyclic) bond motifs is 7. The lowest BCUT2D eigenvalue weighted by molar-refractivity contribution is -0.221. The fourth-order valence-corrected chi connectivity index (χ4v) is 11.5. The highest BCUT2D eigenvalue weighted by atomic mass is 16.5. The van der Waals surface area contributed by atoms with Crippen LogP contribution in [0.5, 0.6) is 0 Å². The Labute approximate surface area is 211 Å². The quantitative estimate of drug-likeness (QED) is 0.440. The molecule has 0 spiro atoms. The minimum Gasteiger partial charge on any atom is -0.396 e. The van der Waals surface area contributed by atoms with Crippen molar-refractivity contribution in [3.05, 3.63) is 11.6 Å². The molecule has 35 heavy (non-hydrogen) atoms. The van der Waals surface area contributed by atoms with Crippen LogP contribution >= 0.6 is 0 Å². The first-order chi connectivity index (χ1) is 16.3. The van der Waals surface area contributed by atoms with Gasteiger partial charge in [0.25, 0.3) is 0 Å². The molecule has 0 unspecified atom stereocenters. The summed E-state index contributed by atoms with van der Waals surface area (Å²) in [6.45, 7) is 14.0. The average Bonchev–Trinajstić information content (AvgIpc) is 3.05. The van der Waals surface area contributed by atoms with Gasteiger partial charge in [-0.05, 0) is 84.4 Å². The van der Waals surface area contributed by atoms with Gasteiger partial charge in [-0.15, -0.1) is 0 Å². The summed E-state index contributed by atoms with van der Waals surface area (Å²) in [6, 6.07) is 0. The molecule has 2 bridgehead atoms. The predicted octanol–water partition coefficient (Wildman–Crippen LogP) is 4.07. The van der Waals surface area contributed by atoms with Crippen molar-refractivity contribution in [3.63, 3.8) is 0 Å². The molecular weight excluding hydrogens is 440 g/mol. The van der Waals surface area contributed by atoms with Gasteiger partial charge in [-0.3, -0.25) is 0 Å². The van der Waals surface area contributed by atoms with E-state index in [1.807, 2.05) is 0 Å². The van der Waals surface area contributed by atoms with Gasteiger partial charge in [0.15, 0.2) is 0 Å². The molecule has 0 aromatic carbocycles. The zero-order valence-corrected chi connectivity index (χ0v) is 22.7. The summed E-state index contributed by atoms with van der Waals surface area (Å²) in [4.78, 5) is 0. The molecule has 6 rings (SSSR count). The van der Waals surface area contributed by atoms with E-state index < -0.39 is 23.0 Å². The van der Waals surface area contributed by atoms with Gasteiger partial charge in [-0.1, -0.05) is 53.2 Å². The van der Waals surface area contributed by atoms with Crippen LogP contribution in [-0.2, 0) is 4.74 Å². The standard InChI is InChI=1S/C30H48O5/c1-25(2)13-18-17-7-8-20-26(3)11-10-21(33)27(4,15-31)19(26)9-12-28(20,5)29(17,6)14-22-30(18,16-32)23(34)24(25)35-22/h7,18-24,31-34H,8-16H2,1-6H3/t18-,19+,20+,21-,22+,23-,24+,26-,27+,28+,29+,30-/m0/s1. The Hall–Kier alpha value is -0.460. The SMILES string of the molecule is CC1(C)C[C@H]2C3=CC[C@@H]4[C@@]5(C)CC[C@H](O)[C@](C)(CO)[C@@H]5CC[C@@]4(C)[C@]3(C)C[C@H]3O[C@@H]1[C@H](O)[C@]32CO. The molecular formula is C30H48O5. The third-order valence-corrected chi connectivity index (χ3v) is 13.8. The molecule has 198 valence electrons. The molecule has 5 aliphatic carbocycles. The Morgan fingerprint density at radius 1 is 0.914 bits per heavy atom. The highest BCUT2D eigenvalue weighted by molar-refractivity contribution is 5.37. The van der Waals surface area contributed by atoms with Crippen molar-refractivity contribution in [3.8, 4) is 0 Å². The fraction of sp³-hybridized carbons (Fsp3) is 0.933. The Morgan fingerprint density at radius 3 is 2.29 bits per heavy atom. The molecule has 4 saturated carbocycles. The third-order valence-electron chi connectivity index (χ3n) is 13.8. The number of hydrogen-bond donors (Lipinski definition) is 4. The number of aliphatic hydroxyl groups excluding tert-OH is 4. The molecule has 5 fully saturated rings. The fourth-order valence-electron chi connectivity index (χ4n) is 11.5. The van der Waals surface area contributed by atoms with E-state index >= 15 is 0 Å². The lowest BCUT2D eigenvalue weighted by Crippen LogP contribution is -2.68. The molecule has 0 aromatic heterocycles. The van der Waals surface area contributed by atoms with E-state index in [-0.39, 0.29) is 53.0 Å². The first kappa shape index (κ1) is 24.9. The Kier molecular flexibility index (Phi) is 5.07. The summed E-state index contributed by atoms with van der Waals surface area (Å²) in [7, 11) is 0. The number of rotatable bonds is 2. The van der Waals surface area contributed by atoms with Gasteiger partial charge >= 0.3 is 0 Å². The summed E-state index contributed by atoms with van der Waals surface area (Å²) >= 11 is 0. The summed E-state index contributed by atoms with van der Waals surface area (Å²) in [6.07, 6.45) is 7.78. The molecule has 4 N–H and O–H groups in total. The average molecular weight is 489 g/mol. The summed E-state index contributed by atoms with van der Waals surface area (Å²) in [5, 5.41) is 43.7. The van der Waals surface area contributed by atoms with Gasteiger partial charge in [0.05, 0.1) is 43.0 Å². The smallest absolute Gasteiger partial charge is 0.0916 e. The van der Waals surface area contributed by atoms with Crippen molar-refractivity contribution in [2.45, 2.75) is 111 Å². The van der Waals surface area contributed by atoms with Crippen LogP contribution in [0.1, 0.15) is 86.5 Å². The number of aliphatic hydroxyl groups is 4. The molecule has 1 saturated heterocycles. The highest BCUT2D eigenvalue weighted by Crippen LogP contribution is 2.77. The van der Waals surface area contributed by atoms with Crippen molar-refractivity contribution in [1.29, 1.82) is 0 Å². The van der Waals surface area contributed by atoms with Crippen LogP contribution in [0, 0.1) is 50.2 Å². The Balaban J connectivity index is 1.47. The topological polar surface area (TPSA) is 90.2 Å². The van der Waals surface area contributed by atoms with Crippen molar-refractivity contribution in [2.24, 2.45) is 50.2 Å². The van der Waals surface area contributed by atoms with E-state index in [1.165, 1.54) is 5.57 Å². The largest absolute Gasteiger partial charge is 0.396 e. The molecule has 5 heteroatoms. The molecule has 6 aliphatic rings. The van der Waals surface area contributed by atoms with Crippen LogP contribution in [0.3, 0.4) is 0 Å². The van der Waals surface area contributed by atoms with Crippen molar-refractivity contribution >= 4 is 0 Å². The number of allylic oxidation sites excluding steroid dienone is 2. The molecule has 0 radical (unpaired) electrons. The summed E-state index contributed by atoms with van der Waals surface area (Å²) in [5.74, 6) is 0.915. The molecule has 1 heterocycles. The summed E-state index contributed by atoms with van der Waals surface area (Å²) < 4.78 is 6.71. The van der Waals surface area contributed by atoms with Crippen LogP contribution < -0.4 is 0 Å². The summed E-state index contributed by atoms with van der Waals surface area (Å²) in [5.41, 5.74) is 0.390. The van der Waals surface area contributed by atoms with E-state index in [9.17, 15) is 20.4 Å². The van der Waals surface area contributed by atoms with Crippen molar-refractivity contribution in [2.75, 3.05) is 13.2 Å². The van der Waals surface area contributed by atoms with E-state index in [4.69, 9.17) is 4.74 Å². The lowest BCUT2D eigenvalue weighted by Gasteiger charge is -2.71. The van der Waals surface area contributed by atoms with E-state index in [0.29, 0.717) is 11.8 Å². The molecule has 12 atom stereocenters.